The van der Waals surface area contributed by atoms with Gasteiger partial charge in [0.2, 0.25) is 0 Å². The van der Waals surface area contributed by atoms with E-state index in [0.717, 1.165) is 28.5 Å². The van der Waals surface area contributed by atoms with Gasteiger partial charge in [0.25, 0.3) is 0 Å². The molecule has 0 aliphatic heterocycles. The molecule has 4 heteroatoms. The first-order chi connectivity index (χ1) is 9.11. The minimum Gasteiger partial charge on any atom is -0.379 e. The lowest BCUT2D eigenvalue weighted by atomic mass is 10.1. The first-order valence-electron chi connectivity index (χ1n) is 6.62. The lowest BCUT2D eigenvalue weighted by molar-refractivity contribution is 0.713. The van der Waals surface area contributed by atoms with Gasteiger partial charge in [-0.15, -0.1) is 0 Å². The first-order valence-corrected chi connectivity index (χ1v) is 7.00. The number of hydrogen-bond donors (Lipinski definition) is 1. The van der Waals surface area contributed by atoms with Gasteiger partial charge in [-0.25, -0.2) is 0 Å². The van der Waals surface area contributed by atoms with Crippen molar-refractivity contribution in [1.29, 1.82) is 0 Å². The summed E-state index contributed by atoms with van der Waals surface area (Å²) in [5.74, 6) is 0. The second-order valence-corrected chi connectivity index (χ2v) is 5.15. The summed E-state index contributed by atoms with van der Waals surface area (Å²) in [5, 5.41) is 8.43. The predicted octanol–water partition coefficient (Wildman–Crippen LogP) is 3.95. The number of aromatic nitrogens is 2. The van der Waals surface area contributed by atoms with Crippen LogP contribution in [0.2, 0.25) is 5.02 Å². The van der Waals surface area contributed by atoms with Crippen LogP contribution in [-0.2, 0) is 20.0 Å². The molecule has 102 valence electrons. The Bertz CT molecular complexity index is 543. The molecule has 0 unspecified atom stereocenters. The molecular weight excluding hydrogens is 258 g/mol. The molecule has 2 aromatic rings. The average molecular weight is 278 g/mol. The highest BCUT2D eigenvalue weighted by Crippen LogP contribution is 2.20. The van der Waals surface area contributed by atoms with E-state index in [4.69, 9.17) is 11.6 Å². The van der Waals surface area contributed by atoms with E-state index in [2.05, 4.69) is 41.6 Å². The number of rotatable bonds is 5. The van der Waals surface area contributed by atoms with Crippen molar-refractivity contribution in [2.24, 2.45) is 7.05 Å². The molecule has 0 saturated heterocycles. The summed E-state index contributed by atoms with van der Waals surface area (Å²) in [6, 6.07) is 8.56. The van der Waals surface area contributed by atoms with Crippen LogP contribution < -0.4 is 5.32 Å². The molecule has 0 fully saturated rings. The molecule has 0 aliphatic carbocycles. The minimum atomic E-state index is 0.684. The molecule has 0 atom stereocenters. The van der Waals surface area contributed by atoms with Gasteiger partial charge in [0.15, 0.2) is 0 Å². The van der Waals surface area contributed by atoms with Gasteiger partial charge in [0, 0.05) is 12.7 Å². The normalized spacial score (nSPS) is 10.7. The lowest BCUT2D eigenvalue weighted by Crippen LogP contribution is -2.05. The zero-order chi connectivity index (χ0) is 13.8. The van der Waals surface area contributed by atoms with E-state index < -0.39 is 0 Å². The summed E-state index contributed by atoms with van der Waals surface area (Å²) in [4.78, 5) is 0. The van der Waals surface area contributed by atoms with Crippen LogP contribution in [0.5, 0.6) is 0 Å². The van der Waals surface area contributed by atoms with E-state index in [-0.39, 0.29) is 0 Å². The molecule has 1 aromatic heterocycles. The maximum atomic E-state index is 6.22. The van der Waals surface area contributed by atoms with Crippen LogP contribution in [0.1, 0.15) is 30.3 Å². The number of aryl methyl sites for hydroxylation is 3. The Balaban J connectivity index is 2.02. The number of nitrogens with one attached hydrogen (secondary N) is 1. The number of benzene rings is 1. The van der Waals surface area contributed by atoms with Gasteiger partial charge >= 0.3 is 0 Å². The second-order valence-electron chi connectivity index (χ2n) is 4.77. The van der Waals surface area contributed by atoms with Crippen molar-refractivity contribution in [2.45, 2.75) is 33.2 Å². The largest absolute Gasteiger partial charge is 0.379 e. The Morgan fingerprint density at radius 1 is 1.26 bits per heavy atom. The highest BCUT2D eigenvalue weighted by atomic mass is 35.5. The van der Waals surface area contributed by atoms with E-state index in [1.807, 2.05) is 18.7 Å². The molecule has 2 rings (SSSR count). The Morgan fingerprint density at radius 3 is 2.47 bits per heavy atom. The molecule has 1 aromatic carbocycles. The Labute approximate surface area is 119 Å². The SMILES string of the molecule is CCCc1ccc(NCc2c(Cl)c(C)nn2C)cc1. The van der Waals surface area contributed by atoms with Crippen molar-refractivity contribution < 1.29 is 0 Å². The van der Waals surface area contributed by atoms with Crippen molar-refractivity contribution in [3.63, 3.8) is 0 Å². The average Bonchev–Trinajstić information content (AvgIpc) is 2.64. The fourth-order valence-electron chi connectivity index (χ4n) is 2.14. The topological polar surface area (TPSA) is 29.9 Å². The highest BCUT2D eigenvalue weighted by Gasteiger charge is 2.10. The second kappa shape index (κ2) is 6.11. The van der Waals surface area contributed by atoms with Gasteiger partial charge in [-0.1, -0.05) is 37.1 Å². The zero-order valence-corrected chi connectivity index (χ0v) is 12.5. The predicted molar refractivity (Wildman–Crippen MR) is 80.7 cm³/mol. The van der Waals surface area contributed by atoms with Crippen LogP contribution in [0.4, 0.5) is 5.69 Å². The lowest BCUT2D eigenvalue weighted by Gasteiger charge is -2.08. The van der Waals surface area contributed by atoms with Crippen molar-refractivity contribution in [3.05, 3.63) is 46.2 Å². The van der Waals surface area contributed by atoms with Gasteiger partial charge in [0.05, 0.1) is 23.0 Å². The summed E-state index contributed by atoms with van der Waals surface area (Å²) in [7, 11) is 1.92. The van der Waals surface area contributed by atoms with Gasteiger partial charge in [-0.05, 0) is 31.0 Å². The minimum absolute atomic E-state index is 0.684. The third kappa shape index (κ3) is 3.29. The number of nitrogens with zero attached hydrogens (tertiary/aromatic N) is 2. The number of halogens is 1. The van der Waals surface area contributed by atoms with E-state index >= 15 is 0 Å². The Morgan fingerprint density at radius 2 is 1.95 bits per heavy atom. The maximum Gasteiger partial charge on any atom is 0.0865 e. The van der Waals surface area contributed by atoms with Crippen molar-refractivity contribution in [2.75, 3.05) is 5.32 Å². The molecule has 0 radical (unpaired) electrons. The van der Waals surface area contributed by atoms with E-state index in [9.17, 15) is 0 Å². The maximum absolute atomic E-state index is 6.22. The molecule has 1 heterocycles. The fraction of sp³-hybridized carbons (Fsp3) is 0.400. The monoisotopic (exact) mass is 277 g/mol. The molecule has 19 heavy (non-hydrogen) atoms. The number of anilines is 1. The Hall–Kier alpha value is -1.48. The third-order valence-corrected chi connectivity index (χ3v) is 3.71. The molecule has 0 amide bonds. The summed E-state index contributed by atoms with van der Waals surface area (Å²) >= 11 is 6.22. The highest BCUT2D eigenvalue weighted by molar-refractivity contribution is 6.31. The molecule has 0 aliphatic rings. The fourth-order valence-corrected chi connectivity index (χ4v) is 2.36. The summed E-state index contributed by atoms with van der Waals surface area (Å²) in [5.41, 5.74) is 4.37. The van der Waals surface area contributed by atoms with E-state index in [1.165, 1.54) is 12.0 Å². The van der Waals surface area contributed by atoms with Crippen molar-refractivity contribution in [3.8, 4) is 0 Å². The van der Waals surface area contributed by atoms with Gasteiger partial charge in [-0.3, -0.25) is 4.68 Å². The van der Waals surface area contributed by atoms with Crippen LogP contribution in [0.25, 0.3) is 0 Å². The molecule has 1 N–H and O–H groups in total. The van der Waals surface area contributed by atoms with Crippen LogP contribution in [0.15, 0.2) is 24.3 Å². The van der Waals surface area contributed by atoms with Crippen LogP contribution in [0, 0.1) is 6.92 Å². The summed E-state index contributed by atoms with van der Waals surface area (Å²) in [6.45, 7) is 4.80. The zero-order valence-electron chi connectivity index (χ0n) is 11.7. The first kappa shape index (κ1) is 13.9. The van der Waals surface area contributed by atoms with Crippen molar-refractivity contribution >= 4 is 17.3 Å². The molecule has 0 bridgehead atoms. The third-order valence-electron chi connectivity index (χ3n) is 3.21. The summed E-state index contributed by atoms with van der Waals surface area (Å²) in [6.07, 6.45) is 2.31. The molecule has 0 spiro atoms. The smallest absolute Gasteiger partial charge is 0.0865 e. The van der Waals surface area contributed by atoms with Crippen molar-refractivity contribution in [1.82, 2.24) is 9.78 Å². The molecule has 0 saturated carbocycles. The quantitative estimate of drug-likeness (QED) is 0.897. The van der Waals surface area contributed by atoms with Gasteiger partial charge in [0.1, 0.15) is 0 Å². The molecular formula is C15H20ClN3. The summed E-state index contributed by atoms with van der Waals surface area (Å²) < 4.78 is 1.83. The van der Waals surface area contributed by atoms with Crippen LogP contribution >= 0.6 is 11.6 Å². The van der Waals surface area contributed by atoms with E-state index in [1.54, 1.807) is 0 Å². The Kier molecular flexibility index (Phi) is 4.48. The van der Waals surface area contributed by atoms with Crippen LogP contribution in [0.3, 0.4) is 0 Å². The van der Waals surface area contributed by atoms with Gasteiger partial charge in [-0.2, -0.15) is 5.10 Å². The molecule has 3 nitrogen and oxygen atoms in total. The van der Waals surface area contributed by atoms with Crippen LogP contribution in [-0.4, -0.2) is 9.78 Å². The van der Waals surface area contributed by atoms with Gasteiger partial charge < -0.3 is 5.32 Å². The number of hydrogen-bond acceptors (Lipinski definition) is 2. The van der Waals surface area contributed by atoms with E-state index in [0.29, 0.717) is 6.54 Å². The standard InChI is InChI=1S/C15H20ClN3/c1-4-5-12-6-8-13(9-7-12)17-10-14-15(16)11(2)18-19(14)3/h6-9,17H,4-5,10H2,1-3H3.